The third-order valence-corrected chi connectivity index (χ3v) is 4.04. The van der Waals surface area contributed by atoms with Gasteiger partial charge in [0.2, 0.25) is 6.04 Å². The minimum atomic E-state index is -0.718. The summed E-state index contributed by atoms with van der Waals surface area (Å²) in [5, 5.41) is 12.2. The van der Waals surface area contributed by atoms with E-state index in [9.17, 15) is 15.0 Å². The van der Waals surface area contributed by atoms with E-state index < -0.39 is 23.8 Å². The van der Waals surface area contributed by atoms with E-state index in [2.05, 4.69) is 5.32 Å². The monoisotopic (exact) mass is 325 g/mol. The molecule has 1 saturated heterocycles. The van der Waals surface area contributed by atoms with Gasteiger partial charge in [0.1, 0.15) is 0 Å². The lowest BCUT2D eigenvalue weighted by Crippen LogP contribution is -2.57. The highest BCUT2D eigenvalue weighted by molar-refractivity contribution is 6.30. The predicted octanol–water partition coefficient (Wildman–Crippen LogP) is 1.77. The molecule has 2 heterocycles. The number of halogens is 1. The Morgan fingerprint density at radius 2 is 1.74 bits per heavy atom. The van der Waals surface area contributed by atoms with Gasteiger partial charge in [-0.3, -0.25) is 20.8 Å². The summed E-state index contributed by atoms with van der Waals surface area (Å²) >= 11 is 5.91. The molecule has 2 aromatic rings. The number of imide groups is 1. The van der Waals surface area contributed by atoms with Crippen molar-refractivity contribution in [3.05, 3.63) is 76.4 Å². The lowest BCUT2D eigenvalue weighted by Gasteiger charge is -2.28. The van der Waals surface area contributed by atoms with E-state index >= 15 is 0 Å². The van der Waals surface area contributed by atoms with Crippen LogP contribution in [0.3, 0.4) is 0 Å². The average molecular weight is 326 g/mol. The maximum absolute atomic E-state index is 12.4. The van der Waals surface area contributed by atoms with Crippen molar-refractivity contribution in [2.75, 3.05) is 0 Å². The zero-order valence-electron chi connectivity index (χ0n) is 11.9. The molecule has 0 radical (unpaired) electrons. The third-order valence-electron chi connectivity index (χ3n) is 3.79. The quantitative estimate of drug-likeness (QED) is 0.395. The van der Waals surface area contributed by atoms with E-state index in [1.54, 1.807) is 53.4 Å². The molecule has 23 heavy (non-hydrogen) atoms. The van der Waals surface area contributed by atoms with Gasteiger partial charge in [-0.05, 0) is 17.7 Å². The van der Waals surface area contributed by atoms with Crippen LogP contribution in [0.1, 0.15) is 17.5 Å². The molecule has 6 heteroatoms. The molecule has 1 aliphatic rings. The van der Waals surface area contributed by atoms with Crippen molar-refractivity contribution in [1.29, 1.82) is 0 Å². The Balaban J connectivity index is 2.17. The fourth-order valence-corrected chi connectivity index (χ4v) is 2.87. The number of benzene rings is 1. The fraction of sp³-hybridized carbons (Fsp3) is 0.118. The molecule has 2 atom stereocenters. The van der Waals surface area contributed by atoms with Crippen molar-refractivity contribution in [2.24, 2.45) is 0 Å². The van der Waals surface area contributed by atoms with E-state index in [0.29, 0.717) is 10.6 Å². The van der Waals surface area contributed by atoms with Crippen LogP contribution in [0.5, 0.6) is 0 Å². The van der Waals surface area contributed by atoms with Crippen LogP contribution < -0.4 is 9.88 Å². The molecule has 1 N–H and O–H groups in total. The van der Waals surface area contributed by atoms with Gasteiger partial charge in [0, 0.05) is 17.2 Å². The fourth-order valence-electron chi connectivity index (χ4n) is 2.75. The summed E-state index contributed by atoms with van der Waals surface area (Å²) in [5.74, 6) is 0.194. The maximum atomic E-state index is 12.4. The highest BCUT2D eigenvalue weighted by Crippen LogP contribution is 2.35. The van der Waals surface area contributed by atoms with E-state index in [1.165, 1.54) is 0 Å². The summed E-state index contributed by atoms with van der Waals surface area (Å²) in [6.45, 7) is 0. The zero-order valence-corrected chi connectivity index (χ0v) is 12.7. The Labute approximate surface area is 137 Å². The Morgan fingerprint density at radius 3 is 2.35 bits per heavy atom. The van der Waals surface area contributed by atoms with Crippen LogP contribution in [0.15, 0.2) is 60.4 Å². The summed E-state index contributed by atoms with van der Waals surface area (Å²) in [6.07, 6.45) is 3.47. The van der Waals surface area contributed by atoms with Crippen molar-refractivity contribution >= 4 is 29.3 Å². The smallest absolute Gasteiger partial charge is 0.296 e. The van der Waals surface area contributed by atoms with Gasteiger partial charge < -0.3 is 5.41 Å². The number of carbonyl (C=O) groups is 2. The molecular weight excluding hydrogens is 314 g/mol. The van der Waals surface area contributed by atoms with Crippen LogP contribution >= 0.6 is 11.6 Å². The molecule has 1 aromatic carbocycles. The van der Waals surface area contributed by atoms with Crippen LogP contribution in [0, 0.1) is 0 Å². The first-order chi connectivity index (χ1) is 11.1. The molecule has 3 rings (SSSR count). The SMILES string of the molecule is [N-]=C=C1C(=O)NC(=O)[C@H]([n+]2ccccc2)[C@H]1c1ccc(Cl)cc1. The van der Waals surface area contributed by atoms with Crippen molar-refractivity contribution in [3.63, 3.8) is 0 Å². The third kappa shape index (κ3) is 2.80. The van der Waals surface area contributed by atoms with Crippen LogP contribution in [0.25, 0.3) is 5.41 Å². The summed E-state index contributed by atoms with van der Waals surface area (Å²) in [4.78, 5) is 24.5. The van der Waals surface area contributed by atoms with Gasteiger partial charge in [-0.1, -0.05) is 29.8 Å². The van der Waals surface area contributed by atoms with Gasteiger partial charge in [0.15, 0.2) is 12.4 Å². The number of piperidine rings is 1. The molecule has 5 nitrogen and oxygen atoms in total. The number of amides is 2. The van der Waals surface area contributed by atoms with Crippen LogP contribution in [0.4, 0.5) is 0 Å². The number of rotatable bonds is 2. The topological polar surface area (TPSA) is 72.3 Å². The lowest BCUT2D eigenvalue weighted by molar-refractivity contribution is -0.711. The molecule has 0 saturated carbocycles. The summed E-state index contributed by atoms with van der Waals surface area (Å²) in [6, 6.07) is 11.5. The van der Waals surface area contributed by atoms with E-state index in [4.69, 9.17) is 11.6 Å². The first-order valence-electron chi connectivity index (χ1n) is 6.95. The van der Waals surface area contributed by atoms with Crippen LogP contribution in [-0.4, -0.2) is 17.7 Å². The number of pyridine rings is 1. The van der Waals surface area contributed by atoms with Crippen molar-refractivity contribution in [1.82, 2.24) is 5.32 Å². The standard InChI is InChI=1S/C17H12ClN3O2/c18-12-6-4-11(5-7-12)14-13(10-19)16(22)20-17(23)15(14)21-8-2-1-3-9-21/h1-9,14-15H,(H,20,22,23)/t14-,15+/m0/s1. The Morgan fingerprint density at radius 1 is 1.09 bits per heavy atom. The van der Waals surface area contributed by atoms with Gasteiger partial charge >= 0.3 is 0 Å². The van der Waals surface area contributed by atoms with E-state index in [-0.39, 0.29) is 5.57 Å². The molecule has 1 fully saturated rings. The minimum absolute atomic E-state index is 0.00766. The Bertz CT molecular complexity index is 811. The average Bonchev–Trinajstić information content (AvgIpc) is 2.56. The molecule has 0 aliphatic carbocycles. The molecule has 1 aromatic heterocycles. The van der Waals surface area contributed by atoms with Gasteiger partial charge in [-0.2, -0.15) is 4.57 Å². The van der Waals surface area contributed by atoms with E-state index in [1.807, 2.05) is 11.9 Å². The van der Waals surface area contributed by atoms with Crippen molar-refractivity contribution in [3.8, 4) is 0 Å². The van der Waals surface area contributed by atoms with Crippen molar-refractivity contribution < 1.29 is 14.2 Å². The van der Waals surface area contributed by atoms with Crippen LogP contribution in [0.2, 0.25) is 5.02 Å². The molecule has 114 valence electrons. The number of carbonyl (C=O) groups excluding carboxylic acids is 2. The number of hydrogen-bond acceptors (Lipinski definition) is 2. The minimum Gasteiger partial charge on any atom is -0.763 e. The number of aromatic nitrogens is 1. The molecule has 0 spiro atoms. The molecule has 2 amide bonds. The second-order valence-corrected chi connectivity index (χ2v) is 5.58. The van der Waals surface area contributed by atoms with Gasteiger partial charge in [-0.25, -0.2) is 0 Å². The highest BCUT2D eigenvalue weighted by Gasteiger charge is 2.46. The highest BCUT2D eigenvalue weighted by atomic mass is 35.5. The van der Waals surface area contributed by atoms with E-state index in [0.717, 1.165) is 0 Å². The number of hydrogen-bond donors (Lipinski definition) is 1. The second kappa shape index (κ2) is 6.16. The molecular formula is C17H12ClN3O2. The molecule has 0 bridgehead atoms. The van der Waals surface area contributed by atoms with Gasteiger partial charge in [-0.15, -0.1) is 0 Å². The summed E-state index contributed by atoms with van der Waals surface area (Å²) in [5.41, 5.74) is 0.698. The lowest BCUT2D eigenvalue weighted by atomic mass is 9.81. The number of nitrogens with zero attached hydrogens (tertiary/aromatic N) is 2. The largest absolute Gasteiger partial charge is 0.763 e. The number of nitrogens with one attached hydrogen (secondary N) is 1. The molecule has 0 unspecified atom stereocenters. The predicted molar refractivity (Wildman–Crippen MR) is 84.9 cm³/mol. The Kier molecular flexibility index (Phi) is 4.06. The second-order valence-electron chi connectivity index (χ2n) is 5.14. The van der Waals surface area contributed by atoms with Crippen LogP contribution in [-0.2, 0) is 9.59 Å². The Hall–Kier alpha value is -2.75. The normalized spacial score (nSPS) is 20.8. The van der Waals surface area contributed by atoms with Gasteiger partial charge in [0.05, 0.1) is 11.5 Å². The summed E-state index contributed by atoms with van der Waals surface area (Å²) in [7, 11) is 0. The molecule has 1 aliphatic heterocycles. The van der Waals surface area contributed by atoms with Gasteiger partial charge in [0.25, 0.3) is 11.8 Å². The maximum Gasteiger partial charge on any atom is 0.296 e. The first kappa shape index (κ1) is 15.2. The first-order valence-corrected chi connectivity index (χ1v) is 7.33. The van der Waals surface area contributed by atoms with Crippen molar-refractivity contribution in [2.45, 2.75) is 12.0 Å². The zero-order chi connectivity index (χ0) is 16.4. The summed E-state index contributed by atoms with van der Waals surface area (Å²) < 4.78 is 1.69.